The van der Waals surface area contributed by atoms with Crippen molar-refractivity contribution in [3.8, 4) is 0 Å². The van der Waals surface area contributed by atoms with Gasteiger partial charge in [-0.15, -0.1) is 0 Å². The first kappa shape index (κ1) is 26.3. The minimum atomic E-state index is -1.76. The van der Waals surface area contributed by atoms with Crippen molar-refractivity contribution < 1.29 is 24.6 Å². The molecule has 7 nitrogen and oxygen atoms in total. The Morgan fingerprint density at radius 1 is 0.579 bits per heavy atom. The van der Waals surface area contributed by atoms with Gasteiger partial charge in [0.1, 0.15) is 6.04 Å². The lowest BCUT2D eigenvalue weighted by atomic mass is 9.84. The quantitative estimate of drug-likeness (QED) is 0.259. The third kappa shape index (κ3) is 6.32. The van der Waals surface area contributed by atoms with Gasteiger partial charge in [0, 0.05) is 11.5 Å². The number of aliphatic hydroxyl groups is 1. The second-order valence-electron chi connectivity index (χ2n) is 8.80. The van der Waals surface area contributed by atoms with Gasteiger partial charge < -0.3 is 20.8 Å². The summed E-state index contributed by atoms with van der Waals surface area (Å²) in [6.07, 6.45) is -1.76. The van der Waals surface area contributed by atoms with Crippen LogP contribution in [0.3, 0.4) is 0 Å². The minimum absolute atomic E-state index is 0.359. The van der Waals surface area contributed by atoms with Gasteiger partial charge in [-0.25, -0.2) is 4.79 Å². The van der Waals surface area contributed by atoms with Crippen molar-refractivity contribution in [3.63, 3.8) is 0 Å². The Labute approximate surface area is 220 Å². The molecule has 4 aromatic carbocycles. The third-order valence-electron chi connectivity index (χ3n) is 6.28. The average molecular weight is 509 g/mol. The molecule has 0 saturated carbocycles. The molecule has 4 aromatic rings. The van der Waals surface area contributed by atoms with E-state index in [2.05, 4.69) is 10.6 Å². The Bertz CT molecular complexity index is 1310. The van der Waals surface area contributed by atoms with Crippen LogP contribution in [0.25, 0.3) is 0 Å². The molecular weight excluding hydrogens is 480 g/mol. The lowest BCUT2D eigenvalue weighted by Gasteiger charge is -2.29. The van der Waals surface area contributed by atoms with Gasteiger partial charge in [0.25, 0.3) is 11.8 Å². The van der Waals surface area contributed by atoms with Crippen LogP contribution in [0.5, 0.6) is 0 Å². The van der Waals surface area contributed by atoms with Gasteiger partial charge in [0.2, 0.25) is 0 Å². The standard InChI is InChI=1S/C31H28N2O5/c34-28(26(23-17-9-3-10-18-23)32-29(35)24-19-11-4-12-20-24)30(36)33-27(31(37)38)25(21-13-5-1-6-14-21)22-15-7-2-8-16-22/h1-20,25-28,34H,(H,32,35)(H,33,36)(H,37,38)/t26-,27-,28+/m0/s1. The van der Waals surface area contributed by atoms with E-state index in [9.17, 15) is 24.6 Å². The summed E-state index contributed by atoms with van der Waals surface area (Å²) < 4.78 is 0. The third-order valence-corrected chi connectivity index (χ3v) is 6.28. The predicted octanol–water partition coefficient (Wildman–Crippen LogP) is 3.92. The monoisotopic (exact) mass is 508 g/mol. The van der Waals surface area contributed by atoms with Crippen LogP contribution in [0.15, 0.2) is 121 Å². The van der Waals surface area contributed by atoms with Crippen LogP contribution >= 0.6 is 0 Å². The van der Waals surface area contributed by atoms with E-state index in [1.54, 1.807) is 109 Å². The van der Waals surface area contributed by atoms with Gasteiger partial charge in [-0.1, -0.05) is 109 Å². The molecule has 192 valence electrons. The number of carbonyl (C=O) groups excluding carboxylic acids is 2. The lowest BCUT2D eigenvalue weighted by Crippen LogP contribution is -2.52. The van der Waals surface area contributed by atoms with Gasteiger partial charge in [-0.05, 0) is 28.8 Å². The van der Waals surface area contributed by atoms with Crippen molar-refractivity contribution in [2.24, 2.45) is 0 Å². The van der Waals surface area contributed by atoms with Crippen LogP contribution in [0, 0.1) is 0 Å². The van der Waals surface area contributed by atoms with E-state index in [4.69, 9.17) is 0 Å². The Hall–Kier alpha value is -4.75. The molecular formula is C31H28N2O5. The summed E-state index contributed by atoms with van der Waals surface area (Å²) in [6, 6.07) is 32.5. The number of aliphatic carboxylic acids is 1. The normalized spacial score (nSPS) is 13.2. The van der Waals surface area contributed by atoms with Crippen molar-refractivity contribution in [1.29, 1.82) is 0 Å². The molecule has 0 saturated heterocycles. The number of carbonyl (C=O) groups is 3. The summed E-state index contributed by atoms with van der Waals surface area (Å²) >= 11 is 0. The Morgan fingerprint density at radius 2 is 1.00 bits per heavy atom. The van der Waals surface area contributed by atoms with Gasteiger partial charge in [-0.2, -0.15) is 0 Å². The maximum Gasteiger partial charge on any atom is 0.327 e. The maximum atomic E-state index is 13.4. The zero-order valence-corrected chi connectivity index (χ0v) is 20.5. The molecule has 7 heteroatoms. The van der Waals surface area contributed by atoms with E-state index in [-0.39, 0.29) is 0 Å². The number of benzene rings is 4. The van der Waals surface area contributed by atoms with Gasteiger partial charge in [0.15, 0.2) is 6.10 Å². The second-order valence-corrected chi connectivity index (χ2v) is 8.80. The van der Waals surface area contributed by atoms with Crippen LogP contribution in [0.2, 0.25) is 0 Å². The molecule has 3 atom stereocenters. The first-order valence-electron chi connectivity index (χ1n) is 12.2. The number of hydrogen-bond acceptors (Lipinski definition) is 4. The van der Waals surface area contributed by atoms with E-state index in [0.29, 0.717) is 22.3 Å². The van der Waals surface area contributed by atoms with Crippen LogP contribution in [-0.4, -0.2) is 40.1 Å². The Kier molecular flexibility index (Phi) is 8.64. The average Bonchev–Trinajstić information content (AvgIpc) is 2.97. The van der Waals surface area contributed by atoms with Crippen molar-refractivity contribution >= 4 is 17.8 Å². The summed E-state index contributed by atoms with van der Waals surface area (Å²) in [7, 11) is 0. The van der Waals surface area contributed by atoms with Crippen molar-refractivity contribution in [2.75, 3.05) is 0 Å². The van der Waals surface area contributed by atoms with E-state index < -0.39 is 41.9 Å². The second kappa shape index (κ2) is 12.5. The van der Waals surface area contributed by atoms with Crippen molar-refractivity contribution in [3.05, 3.63) is 144 Å². The number of nitrogens with one attached hydrogen (secondary N) is 2. The number of rotatable bonds is 10. The summed E-state index contributed by atoms with van der Waals surface area (Å²) in [4.78, 5) is 38.8. The van der Waals surface area contributed by atoms with Gasteiger partial charge in [-0.3, -0.25) is 9.59 Å². The smallest absolute Gasteiger partial charge is 0.327 e. The first-order chi connectivity index (χ1) is 18.5. The zero-order chi connectivity index (χ0) is 26.9. The summed E-state index contributed by atoms with van der Waals surface area (Å²) in [5.41, 5.74) is 2.24. The molecule has 4 N–H and O–H groups in total. The first-order valence-corrected chi connectivity index (χ1v) is 12.2. The molecule has 4 rings (SSSR count). The van der Waals surface area contributed by atoms with Crippen LogP contribution in [0.1, 0.15) is 39.0 Å². The molecule has 0 aliphatic rings. The summed E-state index contributed by atoms with van der Waals surface area (Å²) in [6.45, 7) is 0. The van der Waals surface area contributed by atoms with E-state index >= 15 is 0 Å². The van der Waals surface area contributed by atoms with Gasteiger partial charge in [0.05, 0.1) is 6.04 Å². The molecule has 0 aromatic heterocycles. The topological polar surface area (TPSA) is 116 Å². The number of amides is 2. The van der Waals surface area contributed by atoms with E-state index in [0.717, 1.165) is 0 Å². The number of carboxylic acid groups (broad SMARTS) is 1. The highest BCUT2D eigenvalue weighted by molar-refractivity contribution is 5.95. The SMILES string of the molecule is O=C(N[C@@H](c1ccccc1)[C@@H](O)C(=O)N[C@H](C(=O)O)C(c1ccccc1)c1ccccc1)c1ccccc1. The molecule has 0 spiro atoms. The number of aliphatic hydroxyl groups excluding tert-OH is 1. The molecule has 0 unspecified atom stereocenters. The summed E-state index contributed by atoms with van der Waals surface area (Å²) in [5.74, 6) is -3.38. The lowest BCUT2D eigenvalue weighted by molar-refractivity contribution is -0.144. The van der Waals surface area contributed by atoms with Crippen LogP contribution in [0.4, 0.5) is 0 Å². The molecule has 0 fully saturated rings. The predicted molar refractivity (Wildman–Crippen MR) is 143 cm³/mol. The molecule has 0 bridgehead atoms. The molecule has 2 amide bonds. The molecule has 0 aliphatic carbocycles. The fraction of sp³-hybridized carbons (Fsp3) is 0.129. The maximum absolute atomic E-state index is 13.4. The fourth-order valence-corrected chi connectivity index (χ4v) is 4.39. The Morgan fingerprint density at radius 3 is 1.45 bits per heavy atom. The highest BCUT2D eigenvalue weighted by Gasteiger charge is 2.36. The van der Waals surface area contributed by atoms with E-state index in [1.807, 2.05) is 12.1 Å². The highest BCUT2D eigenvalue weighted by atomic mass is 16.4. The van der Waals surface area contributed by atoms with Crippen molar-refractivity contribution in [2.45, 2.75) is 24.1 Å². The highest BCUT2D eigenvalue weighted by Crippen LogP contribution is 2.29. The zero-order valence-electron chi connectivity index (χ0n) is 20.5. The summed E-state index contributed by atoms with van der Waals surface area (Å²) in [5, 5.41) is 26.6. The molecule has 38 heavy (non-hydrogen) atoms. The molecule has 0 heterocycles. The number of carboxylic acids is 1. The van der Waals surface area contributed by atoms with Crippen LogP contribution in [-0.2, 0) is 9.59 Å². The number of hydrogen-bond donors (Lipinski definition) is 4. The van der Waals surface area contributed by atoms with Gasteiger partial charge >= 0.3 is 5.97 Å². The fourth-order valence-electron chi connectivity index (χ4n) is 4.39. The largest absolute Gasteiger partial charge is 0.480 e. The molecule has 0 aliphatic heterocycles. The van der Waals surface area contributed by atoms with Crippen LogP contribution < -0.4 is 10.6 Å². The van der Waals surface area contributed by atoms with Crippen molar-refractivity contribution in [1.82, 2.24) is 10.6 Å². The van der Waals surface area contributed by atoms with E-state index in [1.165, 1.54) is 0 Å². The Balaban J connectivity index is 1.63. The molecule has 0 radical (unpaired) electrons. The minimum Gasteiger partial charge on any atom is -0.480 e.